The standard InChI is InChI=1S/C16H14N2O2S/c17-13-4-3-5-14(10-13)21(19,20)11-12-8-9-18-16-7-2-1-6-15(12)16/h1-10H,11,17H2. The highest BCUT2D eigenvalue weighted by molar-refractivity contribution is 7.90. The summed E-state index contributed by atoms with van der Waals surface area (Å²) in [5.41, 5.74) is 7.63. The maximum atomic E-state index is 12.5. The first-order valence-electron chi connectivity index (χ1n) is 6.47. The van der Waals surface area contributed by atoms with Crippen molar-refractivity contribution in [3.8, 4) is 0 Å². The zero-order valence-electron chi connectivity index (χ0n) is 11.2. The third-order valence-electron chi connectivity index (χ3n) is 3.30. The van der Waals surface area contributed by atoms with Crippen LogP contribution in [0.25, 0.3) is 10.9 Å². The second kappa shape index (κ2) is 5.18. The smallest absolute Gasteiger partial charge is 0.182 e. The maximum Gasteiger partial charge on any atom is 0.182 e. The molecule has 2 aromatic carbocycles. The Morgan fingerprint density at radius 3 is 2.62 bits per heavy atom. The van der Waals surface area contributed by atoms with Crippen molar-refractivity contribution in [3.63, 3.8) is 0 Å². The number of sulfone groups is 1. The van der Waals surface area contributed by atoms with Gasteiger partial charge in [-0.05, 0) is 35.9 Å². The van der Waals surface area contributed by atoms with Gasteiger partial charge < -0.3 is 5.73 Å². The lowest BCUT2D eigenvalue weighted by molar-refractivity contribution is 0.595. The van der Waals surface area contributed by atoms with E-state index in [2.05, 4.69) is 4.98 Å². The van der Waals surface area contributed by atoms with Crippen LogP contribution in [-0.2, 0) is 15.6 Å². The summed E-state index contributed by atoms with van der Waals surface area (Å²) in [7, 11) is -3.44. The summed E-state index contributed by atoms with van der Waals surface area (Å²) in [6, 6.07) is 15.6. The molecule has 0 aliphatic carbocycles. The molecule has 3 rings (SSSR count). The zero-order valence-corrected chi connectivity index (χ0v) is 12.0. The number of benzene rings is 2. The Labute approximate surface area is 123 Å². The molecule has 0 aliphatic heterocycles. The lowest BCUT2D eigenvalue weighted by atomic mass is 10.1. The third-order valence-corrected chi connectivity index (χ3v) is 4.97. The average molecular weight is 298 g/mol. The van der Waals surface area contributed by atoms with Crippen LogP contribution in [0.4, 0.5) is 5.69 Å². The van der Waals surface area contributed by atoms with Gasteiger partial charge in [0.25, 0.3) is 0 Å². The summed E-state index contributed by atoms with van der Waals surface area (Å²) in [4.78, 5) is 4.48. The number of aromatic nitrogens is 1. The summed E-state index contributed by atoms with van der Waals surface area (Å²) in [5, 5.41) is 0.854. The first kappa shape index (κ1) is 13.6. The molecule has 5 heteroatoms. The van der Waals surface area contributed by atoms with Crippen LogP contribution in [-0.4, -0.2) is 13.4 Å². The van der Waals surface area contributed by atoms with Crippen molar-refractivity contribution in [2.45, 2.75) is 10.6 Å². The Morgan fingerprint density at radius 2 is 1.81 bits per heavy atom. The molecule has 0 bridgehead atoms. The van der Waals surface area contributed by atoms with Crippen LogP contribution in [0.15, 0.2) is 65.7 Å². The van der Waals surface area contributed by atoms with Gasteiger partial charge in [0, 0.05) is 17.3 Å². The van der Waals surface area contributed by atoms with Gasteiger partial charge in [-0.15, -0.1) is 0 Å². The first-order valence-corrected chi connectivity index (χ1v) is 8.12. The van der Waals surface area contributed by atoms with E-state index in [9.17, 15) is 8.42 Å². The molecule has 1 aromatic heterocycles. The number of nitrogens with two attached hydrogens (primary N) is 1. The van der Waals surface area contributed by atoms with Gasteiger partial charge in [0.15, 0.2) is 9.84 Å². The molecule has 2 N–H and O–H groups in total. The Morgan fingerprint density at radius 1 is 1.00 bits per heavy atom. The summed E-state index contributed by atoms with van der Waals surface area (Å²) >= 11 is 0. The fraction of sp³-hybridized carbons (Fsp3) is 0.0625. The molecule has 0 saturated carbocycles. The van der Waals surface area contributed by atoms with Gasteiger partial charge in [-0.3, -0.25) is 4.98 Å². The van der Waals surface area contributed by atoms with Crippen LogP contribution in [0, 0.1) is 0 Å². The molecule has 21 heavy (non-hydrogen) atoms. The fourth-order valence-corrected chi connectivity index (χ4v) is 3.71. The molecule has 3 aromatic rings. The highest BCUT2D eigenvalue weighted by Crippen LogP contribution is 2.23. The molecule has 0 aliphatic rings. The molecule has 0 radical (unpaired) electrons. The number of hydrogen-bond donors (Lipinski definition) is 1. The highest BCUT2D eigenvalue weighted by Gasteiger charge is 2.17. The van der Waals surface area contributed by atoms with Gasteiger partial charge in [0.05, 0.1) is 16.2 Å². The van der Waals surface area contributed by atoms with Crippen LogP contribution >= 0.6 is 0 Å². The Bertz CT molecular complexity index is 900. The predicted molar refractivity (Wildman–Crippen MR) is 83.5 cm³/mol. The number of nitrogens with zero attached hydrogens (tertiary/aromatic N) is 1. The minimum absolute atomic E-state index is 0.0700. The monoisotopic (exact) mass is 298 g/mol. The minimum atomic E-state index is -3.44. The van der Waals surface area contributed by atoms with Crippen molar-refractivity contribution in [1.29, 1.82) is 0 Å². The van der Waals surface area contributed by atoms with Crippen LogP contribution in [0.3, 0.4) is 0 Å². The average Bonchev–Trinajstić information content (AvgIpc) is 2.47. The molecular formula is C16H14N2O2S. The first-order chi connectivity index (χ1) is 10.1. The maximum absolute atomic E-state index is 12.5. The SMILES string of the molecule is Nc1cccc(S(=O)(=O)Cc2ccnc3ccccc23)c1. The van der Waals surface area contributed by atoms with Crippen LogP contribution in [0.1, 0.15) is 5.56 Å². The van der Waals surface area contributed by atoms with Gasteiger partial charge in [-0.1, -0.05) is 24.3 Å². The molecule has 4 nitrogen and oxygen atoms in total. The van der Waals surface area contributed by atoms with E-state index in [0.29, 0.717) is 5.69 Å². The van der Waals surface area contributed by atoms with E-state index < -0.39 is 9.84 Å². The zero-order chi connectivity index (χ0) is 14.9. The number of nitrogen functional groups attached to an aromatic ring is 1. The molecule has 0 fully saturated rings. The summed E-state index contributed by atoms with van der Waals surface area (Å²) in [6.45, 7) is 0. The van der Waals surface area contributed by atoms with E-state index in [1.807, 2.05) is 24.3 Å². The van der Waals surface area contributed by atoms with Crippen molar-refractivity contribution >= 4 is 26.4 Å². The van der Waals surface area contributed by atoms with Crippen molar-refractivity contribution in [1.82, 2.24) is 4.98 Å². The molecular weight excluding hydrogens is 284 g/mol. The Hall–Kier alpha value is -2.40. The molecule has 0 unspecified atom stereocenters. The van der Waals surface area contributed by atoms with Gasteiger partial charge in [0.1, 0.15) is 0 Å². The van der Waals surface area contributed by atoms with E-state index in [-0.39, 0.29) is 10.6 Å². The van der Waals surface area contributed by atoms with Crippen molar-refractivity contribution in [2.75, 3.05) is 5.73 Å². The molecule has 0 saturated heterocycles. The number of pyridine rings is 1. The molecule has 1 heterocycles. The van der Waals surface area contributed by atoms with Crippen LogP contribution in [0.2, 0.25) is 0 Å². The van der Waals surface area contributed by atoms with Gasteiger partial charge in [-0.25, -0.2) is 8.42 Å². The molecule has 0 spiro atoms. The van der Waals surface area contributed by atoms with Gasteiger partial charge >= 0.3 is 0 Å². The number of fused-ring (bicyclic) bond motifs is 1. The topological polar surface area (TPSA) is 73.1 Å². The van der Waals surface area contributed by atoms with Crippen LogP contribution < -0.4 is 5.73 Å². The lowest BCUT2D eigenvalue weighted by Gasteiger charge is -2.08. The molecule has 0 atom stereocenters. The predicted octanol–water partition coefficient (Wildman–Crippen LogP) is 2.79. The lowest BCUT2D eigenvalue weighted by Crippen LogP contribution is -2.06. The number of anilines is 1. The number of hydrogen-bond acceptors (Lipinski definition) is 4. The molecule has 0 amide bonds. The van der Waals surface area contributed by atoms with E-state index in [1.54, 1.807) is 30.5 Å². The summed E-state index contributed by atoms with van der Waals surface area (Å²) < 4.78 is 25.0. The van der Waals surface area contributed by atoms with Gasteiger partial charge in [0.2, 0.25) is 0 Å². The number of rotatable bonds is 3. The van der Waals surface area contributed by atoms with Crippen molar-refractivity contribution in [2.24, 2.45) is 0 Å². The van der Waals surface area contributed by atoms with Gasteiger partial charge in [-0.2, -0.15) is 0 Å². The Balaban J connectivity index is 2.06. The summed E-state index contributed by atoms with van der Waals surface area (Å²) in [6.07, 6.45) is 1.63. The van der Waals surface area contributed by atoms with Crippen LogP contribution in [0.5, 0.6) is 0 Å². The van der Waals surface area contributed by atoms with E-state index in [0.717, 1.165) is 16.5 Å². The second-order valence-corrected chi connectivity index (χ2v) is 6.81. The third kappa shape index (κ3) is 2.73. The van der Waals surface area contributed by atoms with Crippen molar-refractivity contribution in [3.05, 3.63) is 66.4 Å². The van der Waals surface area contributed by atoms with E-state index in [4.69, 9.17) is 5.73 Å². The highest BCUT2D eigenvalue weighted by atomic mass is 32.2. The summed E-state index contributed by atoms with van der Waals surface area (Å²) in [5.74, 6) is -0.0700. The largest absolute Gasteiger partial charge is 0.399 e. The fourth-order valence-electron chi connectivity index (χ4n) is 2.28. The Kier molecular flexibility index (Phi) is 3.35. The van der Waals surface area contributed by atoms with E-state index in [1.165, 1.54) is 6.07 Å². The minimum Gasteiger partial charge on any atom is -0.399 e. The van der Waals surface area contributed by atoms with E-state index >= 15 is 0 Å². The number of para-hydroxylation sites is 1. The van der Waals surface area contributed by atoms with Crippen molar-refractivity contribution < 1.29 is 8.42 Å². The second-order valence-electron chi connectivity index (χ2n) is 4.82. The quantitative estimate of drug-likeness (QED) is 0.755. The normalized spacial score (nSPS) is 11.6. The molecule has 106 valence electrons.